The summed E-state index contributed by atoms with van der Waals surface area (Å²) in [6.07, 6.45) is 2.39. The van der Waals surface area contributed by atoms with Gasteiger partial charge in [0.15, 0.2) is 14.8 Å². The second kappa shape index (κ2) is 11.6. The first kappa shape index (κ1) is 28.5. The van der Waals surface area contributed by atoms with Gasteiger partial charge in [0.25, 0.3) is 0 Å². The predicted octanol–water partition coefficient (Wildman–Crippen LogP) is 7.12. The third-order valence-electron chi connectivity index (χ3n) is 6.59. The number of rotatable bonds is 10. The fourth-order valence-corrected chi connectivity index (χ4v) is 5.76. The lowest BCUT2D eigenvalue weighted by Gasteiger charge is -2.35. The summed E-state index contributed by atoms with van der Waals surface area (Å²) >= 11 is 0. The highest BCUT2D eigenvalue weighted by molar-refractivity contribution is 6.48. The van der Waals surface area contributed by atoms with Gasteiger partial charge in [-0.05, 0) is 68.3 Å². The molecular weight excluding hydrogens is 485 g/mol. The lowest BCUT2D eigenvalue weighted by molar-refractivity contribution is -0.151. The molecule has 2 atom stereocenters. The molecule has 1 aromatic heterocycles. The van der Waals surface area contributed by atoms with Gasteiger partial charge < -0.3 is 14.1 Å². The molecular formula is C30H38FNO4Si. The molecule has 0 saturated carbocycles. The number of aliphatic carboxylic acids is 1. The van der Waals surface area contributed by atoms with Gasteiger partial charge >= 0.3 is 5.97 Å². The van der Waals surface area contributed by atoms with Crippen molar-refractivity contribution in [3.8, 4) is 11.1 Å². The van der Waals surface area contributed by atoms with Crippen LogP contribution in [0.4, 0.5) is 4.39 Å². The van der Waals surface area contributed by atoms with Gasteiger partial charge in [-0.2, -0.15) is 0 Å². The standard InChI is InChI=1S/C30H38FNO4Si/c1-19(2)32-25-11-9-8-10-23(25)27(20-12-14-21(31)15-13-20)26(32)17-16-22(33)18-24(30(3,4)5)28(29(34)35)36-37(6)7/h8-17,19,24,28,37H,18H2,1-7H3,(H,34,35). The second-order valence-corrected chi connectivity index (χ2v) is 13.5. The smallest absolute Gasteiger partial charge is 0.331 e. The fraction of sp³-hybridized carbons (Fsp3) is 0.400. The first-order valence-electron chi connectivity index (χ1n) is 12.8. The molecule has 0 aliphatic rings. The summed E-state index contributed by atoms with van der Waals surface area (Å²) in [5.41, 5.74) is 3.22. The normalized spacial score (nSPS) is 14.1. The summed E-state index contributed by atoms with van der Waals surface area (Å²) in [4.78, 5) is 25.4. The molecule has 2 aromatic carbocycles. The zero-order chi connectivity index (χ0) is 27.5. The zero-order valence-corrected chi connectivity index (χ0v) is 23.9. The SMILES string of the molecule is CC(C)n1c(C=CC(=O)CC(C(O[SiH](C)C)C(=O)O)C(C)(C)C)c(-c2ccc(F)cc2)c2ccccc21. The Bertz CT molecular complexity index is 1290. The highest BCUT2D eigenvalue weighted by atomic mass is 28.3. The van der Waals surface area contributed by atoms with Crippen molar-refractivity contribution in [2.45, 2.75) is 66.3 Å². The van der Waals surface area contributed by atoms with Crippen molar-refractivity contribution in [1.82, 2.24) is 4.57 Å². The van der Waals surface area contributed by atoms with E-state index >= 15 is 0 Å². The number of benzene rings is 2. The fourth-order valence-electron chi connectivity index (χ4n) is 4.87. The number of hydrogen-bond donors (Lipinski definition) is 1. The average Bonchev–Trinajstić information content (AvgIpc) is 3.14. The summed E-state index contributed by atoms with van der Waals surface area (Å²) in [5, 5.41) is 10.9. The summed E-state index contributed by atoms with van der Waals surface area (Å²) in [6.45, 7) is 13.9. The molecule has 0 aliphatic carbocycles. The van der Waals surface area contributed by atoms with E-state index in [9.17, 15) is 19.1 Å². The summed E-state index contributed by atoms with van der Waals surface area (Å²) in [7, 11) is -1.64. The molecule has 1 heterocycles. The molecule has 0 radical (unpaired) electrons. The molecule has 0 amide bonds. The van der Waals surface area contributed by atoms with E-state index in [1.54, 1.807) is 18.2 Å². The van der Waals surface area contributed by atoms with Gasteiger partial charge in [0.1, 0.15) is 11.9 Å². The lowest BCUT2D eigenvalue weighted by atomic mass is 9.74. The van der Waals surface area contributed by atoms with Crippen molar-refractivity contribution in [2.24, 2.45) is 11.3 Å². The Balaban J connectivity index is 2.07. The zero-order valence-electron chi connectivity index (χ0n) is 22.8. The molecule has 5 nitrogen and oxygen atoms in total. The molecule has 0 fully saturated rings. The van der Waals surface area contributed by atoms with Crippen molar-refractivity contribution in [1.29, 1.82) is 0 Å². The molecule has 2 unspecified atom stereocenters. The van der Waals surface area contributed by atoms with Crippen LogP contribution in [0.3, 0.4) is 0 Å². The van der Waals surface area contributed by atoms with Crippen LogP contribution in [0.5, 0.6) is 0 Å². The Morgan fingerprint density at radius 2 is 1.70 bits per heavy atom. The van der Waals surface area contributed by atoms with Gasteiger partial charge in [-0.1, -0.05) is 51.1 Å². The number of ketones is 1. The van der Waals surface area contributed by atoms with Gasteiger partial charge in [0.05, 0.1) is 5.69 Å². The van der Waals surface area contributed by atoms with E-state index in [2.05, 4.69) is 18.4 Å². The maximum absolute atomic E-state index is 13.7. The average molecular weight is 524 g/mol. The van der Waals surface area contributed by atoms with Crippen LogP contribution in [0.1, 0.15) is 52.8 Å². The number of para-hydroxylation sites is 1. The molecule has 0 spiro atoms. The lowest BCUT2D eigenvalue weighted by Crippen LogP contribution is -2.42. The largest absolute Gasteiger partial charge is 0.479 e. The molecule has 0 bridgehead atoms. The van der Waals surface area contributed by atoms with Gasteiger partial charge in [0, 0.05) is 34.8 Å². The summed E-state index contributed by atoms with van der Waals surface area (Å²) in [6, 6.07) is 14.5. The van der Waals surface area contributed by atoms with Gasteiger partial charge in [0.2, 0.25) is 0 Å². The number of carboxylic acid groups (broad SMARTS) is 1. The number of allylic oxidation sites excluding steroid dienone is 1. The highest BCUT2D eigenvalue weighted by Gasteiger charge is 2.38. The van der Waals surface area contributed by atoms with Crippen LogP contribution < -0.4 is 0 Å². The molecule has 0 saturated heterocycles. The van der Waals surface area contributed by atoms with Crippen molar-refractivity contribution >= 4 is 37.8 Å². The molecule has 0 aliphatic heterocycles. The van der Waals surface area contributed by atoms with Crippen LogP contribution in [0, 0.1) is 17.2 Å². The minimum absolute atomic E-state index is 0.0614. The predicted molar refractivity (Wildman–Crippen MR) is 151 cm³/mol. The van der Waals surface area contributed by atoms with E-state index < -0.39 is 32.4 Å². The Hall–Kier alpha value is -3.03. The molecule has 3 rings (SSSR count). The monoisotopic (exact) mass is 523 g/mol. The van der Waals surface area contributed by atoms with Crippen molar-refractivity contribution in [2.75, 3.05) is 0 Å². The van der Waals surface area contributed by atoms with Crippen molar-refractivity contribution in [3.63, 3.8) is 0 Å². The molecule has 7 heteroatoms. The van der Waals surface area contributed by atoms with Crippen LogP contribution in [0.15, 0.2) is 54.6 Å². The molecule has 1 N–H and O–H groups in total. The van der Waals surface area contributed by atoms with Crippen LogP contribution in [-0.2, 0) is 14.0 Å². The van der Waals surface area contributed by atoms with Crippen molar-refractivity contribution in [3.05, 3.63) is 66.1 Å². The number of fused-ring (bicyclic) bond motifs is 1. The quantitative estimate of drug-likeness (QED) is 0.227. The number of carbonyl (C=O) groups excluding carboxylic acids is 1. The third kappa shape index (κ3) is 6.65. The minimum Gasteiger partial charge on any atom is -0.479 e. The number of nitrogens with zero attached hydrogens (tertiary/aromatic N) is 1. The van der Waals surface area contributed by atoms with Crippen LogP contribution in [0.25, 0.3) is 28.1 Å². The Morgan fingerprint density at radius 3 is 2.24 bits per heavy atom. The van der Waals surface area contributed by atoms with Crippen LogP contribution >= 0.6 is 0 Å². The van der Waals surface area contributed by atoms with E-state index in [-0.39, 0.29) is 24.1 Å². The number of carboxylic acids is 1. The summed E-state index contributed by atoms with van der Waals surface area (Å²) in [5.74, 6) is -1.98. The Morgan fingerprint density at radius 1 is 1.08 bits per heavy atom. The molecule has 37 heavy (non-hydrogen) atoms. The van der Waals surface area contributed by atoms with Gasteiger partial charge in [-0.25, -0.2) is 9.18 Å². The van der Waals surface area contributed by atoms with E-state index in [1.807, 2.05) is 64.2 Å². The summed E-state index contributed by atoms with van der Waals surface area (Å²) < 4.78 is 21.8. The number of aromatic nitrogens is 1. The highest BCUT2D eigenvalue weighted by Crippen LogP contribution is 2.38. The van der Waals surface area contributed by atoms with Gasteiger partial charge in [-0.3, -0.25) is 4.79 Å². The number of hydrogen-bond acceptors (Lipinski definition) is 3. The number of carbonyl (C=O) groups is 2. The first-order chi connectivity index (χ1) is 17.3. The van der Waals surface area contributed by atoms with Gasteiger partial charge in [-0.15, -0.1) is 0 Å². The number of halogens is 1. The topological polar surface area (TPSA) is 68.5 Å². The van der Waals surface area contributed by atoms with Crippen molar-refractivity contribution < 1.29 is 23.5 Å². The van der Waals surface area contributed by atoms with E-state index in [4.69, 9.17) is 4.43 Å². The first-order valence-corrected chi connectivity index (χ1v) is 15.6. The van der Waals surface area contributed by atoms with Crippen LogP contribution in [0.2, 0.25) is 13.1 Å². The maximum atomic E-state index is 13.7. The van der Waals surface area contributed by atoms with Crippen LogP contribution in [-0.4, -0.2) is 36.6 Å². The maximum Gasteiger partial charge on any atom is 0.331 e. The third-order valence-corrected chi connectivity index (χ3v) is 7.42. The molecule has 3 aromatic rings. The minimum atomic E-state index is -1.64. The Labute approximate surface area is 220 Å². The second-order valence-electron chi connectivity index (χ2n) is 11.2. The van der Waals surface area contributed by atoms with E-state index in [1.165, 1.54) is 12.1 Å². The molecule has 198 valence electrons. The van der Waals surface area contributed by atoms with E-state index in [0.29, 0.717) is 0 Å². The Kier molecular flexibility index (Phi) is 8.92. The van der Waals surface area contributed by atoms with E-state index in [0.717, 1.165) is 27.7 Å².